The molecule has 1 unspecified atom stereocenters. The Labute approximate surface area is 109 Å². The number of ketones is 1. The van der Waals surface area contributed by atoms with Gasteiger partial charge < -0.3 is 10.5 Å². The predicted molar refractivity (Wildman–Crippen MR) is 69.1 cm³/mol. The Kier molecular flexibility index (Phi) is 5.28. The minimum absolute atomic E-state index is 0.102. The van der Waals surface area contributed by atoms with E-state index < -0.39 is 11.4 Å². The molecule has 2 N–H and O–H groups in total. The van der Waals surface area contributed by atoms with E-state index in [1.165, 1.54) is 0 Å². The zero-order chi connectivity index (χ0) is 13.8. The summed E-state index contributed by atoms with van der Waals surface area (Å²) in [6.45, 7) is 7.16. The number of rotatable bonds is 5. The lowest BCUT2D eigenvalue weighted by Crippen LogP contribution is -2.48. The molecule has 0 spiro atoms. The van der Waals surface area contributed by atoms with Crippen LogP contribution in [-0.4, -0.2) is 48.9 Å². The van der Waals surface area contributed by atoms with Crippen LogP contribution in [-0.2, 0) is 14.3 Å². The standard InChI is InChI=1S/C13H24N2O3/c1-4-18-12(17)13(2,3)11(16)9-15-7-5-6-10(14)8-15/h10H,4-9,14H2,1-3H3. The van der Waals surface area contributed by atoms with Gasteiger partial charge in [-0.2, -0.15) is 0 Å². The van der Waals surface area contributed by atoms with E-state index in [1.54, 1.807) is 20.8 Å². The van der Waals surface area contributed by atoms with Crippen molar-refractivity contribution in [2.75, 3.05) is 26.2 Å². The highest BCUT2D eigenvalue weighted by atomic mass is 16.5. The molecule has 1 aliphatic rings. The van der Waals surface area contributed by atoms with Crippen LogP contribution in [0.3, 0.4) is 0 Å². The van der Waals surface area contributed by atoms with Crippen LogP contribution in [0, 0.1) is 5.41 Å². The Bertz CT molecular complexity index is 315. The minimum atomic E-state index is -1.07. The number of nitrogens with zero attached hydrogens (tertiary/aromatic N) is 1. The zero-order valence-electron chi connectivity index (χ0n) is 11.6. The number of piperidine rings is 1. The van der Waals surface area contributed by atoms with Gasteiger partial charge in [-0.25, -0.2) is 0 Å². The van der Waals surface area contributed by atoms with Crippen LogP contribution in [0.1, 0.15) is 33.6 Å². The second-order valence-corrected chi connectivity index (χ2v) is 5.41. The van der Waals surface area contributed by atoms with Crippen LogP contribution < -0.4 is 5.73 Å². The van der Waals surface area contributed by atoms with E-state index in [2.05, 4.69) is 0 Å². The highest BCUT2D eigenvalue weighted by molar-refractivity contribution is 6.03. The van der Waals surface area contributed by atoms with Crippen LogP contribution in [0.15, 0.2) is 0 Å². The Balaban J connectivity index is 2.55. The topological polar surface area (TPSA) is 72.6 Å². The van der Waals surface area contributed by atoms with Crippen molar-refractivity contribution < 1.29 is 14.3 Å². The molecular weight excluding hydrogens is 232 g/mol. The molecule has 0 amide bonds. The molecule has 1 rings (SSSR count). The van der Waals surface area contributed by atoms with Crippen molar-refractivity contribution in [3.8, 4) is 0 Å². The molecule has 5 nitrogen and oxygen atoms in total. The number of carbonyl (C=O) groups is 2. The fourth-order valence-corrected chi connectivity index (χ4v) is 2.06. The summed E-state index contributed by atoms with van der Waals surface area (Å²) in [7, 11) is 0. The van der Waals surface area contributed by atoms with Gasteiger partial charge in [0.1, 0.15) is 5.41 Å². The summed E-state index contributed by atoms with van der Waals surface area (Å²) in [5, 5.41) is 0. The fourth-order valence-electron chi connectivity index (χ4n) is 2.06. The van der Waals surface area contributed by atoms with Crippen LogP contribution in [0.25, 0.3) is 0 Å². The summed E-state index contributed by atoms with van der Waals surface area (Å²) in [5.74, 6) is -0.550. The van der Waals surface area contributed by atoms with Crippen molar-refractivity contribution >= 4 is 11.8 Å². The van der Waals surface area contributed by atoms with E-state index in [0.29, 0.717) is 6.61 Å². The van der Waals surface area contributed by atoms with E-state index >= 15 is 0 Å². The summed E-state index contributed by atoms with van der Waals surface area (Å²) in [5.41, 5.74) is 4.80. The van der Waals surface area contributed by atoms with Gasteiger partial charge in [0.15, 0.2) is 5.78 Å². The SMILES string of the molecule is CCOC(=O)C(C)(C)C(=O)CN1CCCC(N)C1. The Morgan fingerprint density at radius 3 is 2.67 bits per heavy atom. The first-order chi connectivity index (χ1) is 8.37. The van der Waals surface area contributed by atoms with Crippen molar-refractivity contribution in [2.24, 2.45) is 11.1 Å². The number of ether oxygens (including phenoxy) is 1. The normalized spacial score (nSPS) is 21.7. The molecule has 1 heterocycles. The molecule has 0 saturated carbocycles. The number of nitrogens with two attached hydrogens (primary N) is 1. The van der Waals surface area contributed by atoms with Gasteiger partial charge in [-0.15, -0.1) is 0 Å². The second-order valence-electron chi connectivity index (χ2n) is 5.41. The molecule has 104 valence electrons. The third-order valence-corrected chi connectivity index (χ3v) is 3.39. The molecule has 5 heteroatoms. The van der Waals surface area contributed by atoms with Crippen LogP contribution in [0.5, 0.6) is 0 Å². The molecule has 1 aliphatic heterocycles. The number of hydrogen-bond donors (Lipinski definition) is 1. The average molecular weight is 256 g/mol. The number of likely N-dealkylation sites (tertiary alicyclic amines) is 1. The number of hydrogen-bond acceptors (Lipinski definition) is 5. The molecule has 0 radical (unpaired) electrons. The highest BCUT2D eigenvalue weighted by Gasteiger charge is 2.38. The van der Waals surface area contributed by atoms with Crippen molar-refractivity contribution in [3.63, 3.8) is 0 Å². The van der Waals surface area contributed by atoms with Gasteiger partial charge in [-0.1, -0.05) is 0 Å². The van der Waals surface area contributed by atoms with Crippen LogP contribution in [0.2, 0.25) is 0 Å². The highest BCUT2D eigenvalue weighted by Crippen LogP contribution is 2.20. The third-order valence-electron chi connectivity index (χ3n) is 3.39. The van der Waals surface area contributed by atoms with Gasteiger partial charge in [-0.3, -0.25) is 14.5 Å². The van der Waals surface area contributed by atoms with E-state index in [9.17, 15) is 9.59 Å². The van der Waals surface area contributed by atoms with Gasteiger partial charge in [-0.05, 0) is 40.2 Å². The first-order valence-electron chi connectivity index (χ1n) is 6.56. The van der Waals surface area contributed by atoms with Gasteiger partial charge in [0.2, 0.25) is 0 Å². The van der Waals surface area contributed by atoms with E-state index in [1.807, 2.05) is 4.90 Å². The molecule has 18 heavy (non-hydrogen) atoms. The van der Waals surface area contributed by atoms with Gasteiger partial charge in [0.25, 0.3) is 0 Å². The van der Waals surface area contributed by atoms with Crippen molar-refractivity contribution in [2.45, 2.75) is 39.7 Å². The summed E-state index contributed by atoms with van der Waals surface area (Å²) >= 11 is 0. The number of esters is 1. The zero-order valence-corrected chi connectivity index (χ0v) is 11.6. The van der Waals surface area contributed by atoms with E-state index in [-0.39, 0.29) is 18.4 Å². The fraction of sp³-hybridized carbons (Fsp3) is 0.846. The van der Waals surface area contributed by atoms with E-state index in [0.717, 1.165) is 25.9 Å². The molecule has 1 atom stereocenters. The van der Waals surface area contributed by atoms with Crippen LogP contribution in [0.4, 0.5) is 0 Å². The van der Waals surface area contributed by atoms with Gasteiger partial charge >= 0.3 is 5.97 Å². The quantitative estimate of drug-likeness (QED) is 0.575. The maximum Gasteiger partial charge on any atom is 0.319 e. The summed E-state index contributed by atoms with van der Waals surface area (Å²) in [6, 6.07) is 0.136. The van der Waals surface area contributed by atoms with Crippen LogP contribution >= 0.6 is 0 Å². The van der Waals surface area contributed by atoms with E-state index in [4.69, 9.17) is 10.5 Å². The monoisotopic (exact) mass is 256 g/mol. The minimum Gasteiger partial charge on any atom is -0.465 e. The molecular formula is C13H24N2O3. The third kappa shape index (κ3) is 3.78. The molecule has 0 bridgehead atoms. The summed E-state index contributed by atoms with van der Waals surface area (Å²) in [6.07, 6.45) is 2.01. The maximum atomic E-state index is 12.2. The smallest absolute Gasteiger partial charge is 0.319 e. The molecule has 0 aliphatic carbocycles. The molecule has 1 fully saturated rings. The summed E-state index contributed by atoms with van der Waals surface area (Å²) < 4.78 is 4.94. The first kappa shape index (κ1) is 15.1. The lowest BCUT2D eigenvalue weighted by Gasteiger charge is -2.32. The Morgan fingerprint density at radius 2 is 2.11 bits per heavy atom. The molecule has 0 aromatic rings. The van der Waals surface area contributed by atoms with Crippen molar-refractivity contribution in [1.29, 1.82) is 0 Å². The van der Waals surface area contributed by atoms with Gasteiger partial charge in [0.05, 0.1) is 13.2 Å². The average Bonchev–Trinajstić information content (AvgIpc) is 2.29. The van der Waals surface area contributed by atoms with Gasteiger partial charge in [0, 0.05) is 12.6 Å². The molecule has 0 aromatic carbocycles. The molecule has 1 saturated heterocycles. The molecule has 0 aromatic heterocycles. The lowest BCUT2D eigenvalue weighted by molar-refractivity contribution is -0.158. The first-order valence-corrected chi connectivity index (χ1v) is 6.56. The largest absolute Gasteiger partial charge is 0.465 e. The predicted octanol–water partition coefficient (Wildman–Crippen LogP) is 0.568. The number of Topliss-reactive ketones (excluding diaryl/α,β-unsaturated/α-hetero) is 1. The second kappa shape index (κ2) is 6.29. The Morgan fingerprint density at radius 1 is 1.44 bits per heavy atom. The maximum absolute atomic E-state index is 12.2. The number of carbonyl (C=O) groups excluding carboxylic acids is 2. The Hall–Kier alpha value is -0.940. The van der Waals surface area contributed by atoms with Crippen molar-refractivity contribution in [3.05, 3.63) is 0 Å². The van der Waals surface area contributed by atoms with Crippen molar-refractivity contribution in [1.82, 2.24) is 4.90 Å². The lowest BCUT2D eigenvalue weighted by atomic mass is 9.87. The summed E-state index contributed by atoms with van der Waals surface area (Å²) in [4.78, 5) is 25.9.